The summed E-state index contributed by atoms with van der Waals surface area (Å²) in [5.74, 6) is 0. The summed E-state index contributed by atoms with van der Waals surface area (Å²) in [6.45, 7) is 0. The first-order valence-corrected chi connectivity index (χ1v) is 2.95. The molecule has 4 nitrogen and oxygen atoms in total. The number of nitrogens with one attached hydrogen (secondary N) is 1. The smallest absolute Gasteiger partial charge is 0.309 e. The lowest BCUT2D eigenvalue weighted by atomic mass is 10.2. The molecule has 0 aliphatic carbocycles. The van der Waals surface area contributed by atoms with Crippen LogP contribution in [0.15, 0.2) is 22.1 Å². The molecule has 0 radical (unpaired) electrons. The van der Waals surface area contributed by atoms with Gasteiger partial charge in [-0.2, -0.15) is 4.99 Å². The van der Waals surface area contributed by atoms with Crippen molar-refractivity contribution in [2.75, 3.05) is 0 Å². The summed E-state index contributed by atoms with van der Waals surface area (Å²) in [6, 6.07) is -0.302. The quantitative estimate of drug-likeness (QED) is 0.503. The average molecular weight is 135 g/mol. The van der Waals surface area contributed by atoms with Crippen molar-refractivity contribution in [1.82, 2.24) is 5.32 Å². The first kappa shape index (κ1) is 5.34. The van der Waals surface area contributed by atoms with E-state index in [9.17, 15) is 4.79 Å². The zero-order valence-electron chi connectivity index (χ0n) is 5.11. The minimum atomic E-state index is -0.302. The van der Waals surface area contributed by atoms with Gasteiger partial charge in [-0.1, -0.05) is 0 Å². The number of hydrogen-bond donors (Lipinski definition) is 1. The molecule has 0 saturated carbocycles. The lowest BCUT2D eigenvalue weighted by Crippen LogP contribution is -2.30. The minimum absolute atomic E-state index is 0.225. The highest BCUT2D eigenvalue weighted by Gasteiger charge is 2.23. The van der Waals surface area contributed by atoms with Crippen LogP contribution in [0.25, 0.3) is 0 Å². The van der Waals surface area contributed by atoms with Gasteiger partial charge in [0, 0.05) is 6.21 Å². The lowest BCUT2D eigenvalue weighted by molar-refractivity contribution is 0.250. The number of allylic oxidation sites excluding steroid dienone is 1. The maximum absolute atomic E-state index is 10.6. The molecule has 2 aliphatic heterocycles. The van der Waals surface area contributed by atoms with Crippen LogP contribution in [0, 0.1) is 0 Å². The normalized spacial score (nSPS) is 27.8. The molecule has 4 heteroatoms. The highest BCUT2D eigenvalue weighted by atomic mass is 16.2. The number of amides is 2. The predicted octanol–water partition coefficient (Wildman–Crippen LogP) is 0.117. The molecule has 2 rings (SSSR count). The Labute approximate surface area is 57.4 Å². The first-order chi connectivity index (χ1) is 4.86. The van der Waals surface area contributed by atoms with Gasteiger partial charge in [0.2, 0.25) is 0 Å². The fourth-order valence-electron chi connectivity index (χ4n) is 0.921. The van der Waals surface area contributed by atoms with E-state index in [2.05, 4.69) is 15.3 Å². The van der Waals surface area contributed by atoms with Crippen molar-refractivity contribution in [2.45, 2.75) is 6.17 Å². The molecule has 0 aromatic carbocycles. The summed E-state index contributed by atoms with van der Waals surface area (Å²) in [7, 11) is 0. The topological polar surface area (TPSA) is 53.8 Å². The highest BCUT2D eigenvalue weighted by Crippen LogP contribution is 2.05. The second-order valence-corrected chi connectivity index (χ2v) is 2.05. The summed E-state index contributed by atoms with van der Waals surface area (Å²) >= 11 is 0. The lowest BCUT2D eigenvalue weighted by Gasteiger charge is -2.05. The van der Waals surface area contributed by atoms with Crippen LogP contribution in [-0.4, -0.2) is 24.1 Å². The van der Waals surface area contributed by atoms with Crippen molar-refractivity contribution >= 4 is 18.0 Å². The highest BCUT2D eigenvalue weighted by molar-refractivity contribution is 6.13. The molecular weight excluding hydrogens is 130 g/mol. The van der Waals surface area contributed by atoms with Gasteiger partial charge >= 0.3 is 6.03 Å². The van der Waals surface area contributed by atoms with Crippen LogP contribution in [0.2, 0.25) is 0 Å². The molecule has 0 aromatic rings. The number of carbonyl (C=O) groups is 1. The van der Waals surface area contributed by atoms with Crippen molar-refractivity contribution in [3.8, 4) is 0 Å². The van der Waals surface area contributed by atoms with E-state index in [0.717, 1.165) is 0 Å². The van der Waals surface area contributed by atoms with Crippen LogP contribution in [0.4, 0.5) is 4.79 Å². The Morgan fingerprint density at radius 3 is 3.30 bits per heavy atom. The van der Waals surface area contributed by atoms with Gasteiger partial charge in [0.15, 0.2) is 6.17 Å². The Hall–Kier alpha value is -1.45. The van der Waals surface area contributed by atoms with Gasteiger partial charge in [0.25, 0.3) is 0 Å². The number of nitrogens with zero attached hydrogens (tertiary/aromatic N) is 2. The standard InChI is InChI=1S/C6H5N3O/c10-6-8-4-2-1-3-7-5(4)9-6/h1-3,5H,(H,9,10). The van der Waals surface area contributed by atoms with E-state index in [-0.39, 0.29) is 12.2 Å². The van der Waals surface area contributed by atoms with Crippen LogP contribution in [0.1, 0.15) is 0 Å². The van der Waals surface area contributed by atoms with Crippen molar-refractivity contribution in [3.05, 3.63) is 12.2 Å². The zero-order chi connectivity index (χ0) is 6.97. The maximum Gasteiger partial charge on any atom is 0.343 e. The van der Waals surface area contributed by atoms with Crippen LogP contribution >= 0.6 is 0 Å². The summed E-state index contributed by atoms with van der Waals surface area (Å²) < 4.78 is 0. The number of rotatable bonds is 0. The first-order valence-electron chi connectivity index (χ1n) is 2.95. The molecule has 0 fully saturated rings. The number of urea groups is 1. The second-order valence-electron chi connectivity index (χ2n) is 2.05. The van der Waals surface area contributed by atoms with Crippen molar-refractivity contribution in [3.63, 3.8) is 0 Å². The van der Waals surface area contributed by atoms with Crippen LogP contribution in [-0.2, 0) is 0 Å². The Morgan fingerprint density at radius 2 is 2.50 bits per heavy atom. The molecule has 0 aromatic heterocycles. The number of aliphatic imine (C=N–C) groups is 2. The van der Waals surface area contributed by atoms with Crippen molar-refractivity contribution in [1.29, 1.82) is 0 Å². The van der Waals surface area contributed by atoms with Crippen LogP contribution in [0.5, 0.6) is 0 Å². The van der Waals surface area contributed by atoms with Crippen LogP contribution < -0.4 is 5.32 Å². The molecule has 2 aliphatic rings. The maximum atomic E-state index is 10.6. The second kappa shape index (κ2) is 1.76. The number of hydrogen-bond acceptors (Lipinski definition) is 2. The summed E-state index contributed by atoms with van der Waals surface area (Å²) in [5.41, 5.74) is 0.701. The monoisotopic (exact) mass is 135 g/mol. The Kier molecular flexibility index (Phi) is 0.943. The molecule has 10 heavy (non-hydrogen) atoms. The van der Waals surface area contributed by atoms with Crippen LogP contribution in [0.3, 0.4) is 0 Å². The van der Waals surface area contributed by atoms with Gasteiger partial charge in [-0.15, -0.1) is 0 Å². The van der Waals surface area contributed by atoms with E-state index in [4.69, 9.17) is 0 Å². The van der Waals surface area contributed by atoms with Gasteiger partial charge in [0.05, 0.1) is 5.71 Å². The summed E-state index contributed by atoms with van der Waals surface area (Å²) in [4.78, 5) is 18.2. The van der Waals surface area contributed by atoms with E-state index in [0.29, 0.717) is 5.71 Å². The largest absolute Gasteiger partial charge is 0.343 e. The number of fused-ring (bicyclic) bond motifs is 1. The molecule has 2 amide bonds. The summed E-state index contributed by atoms with van der Waals surface area (Å²) in [5, 5.41) is 2.56. The van der Waals surface area contributed by atoms with E-state index in [1.807, 2.05) is 0 Å². The van der Waals surface area contributed by atoms with Gasteiger partial charge < -0.3 is 5.32 Å². The molecule has 2 heterocycles. The Morgan fingerprint density at radius 1 is 1.60 bits per heavy atom. The van der Waals surface area contributed by atoms with Gasteiger partial charge in [-0.3, -0.25) is 4.99 Å². The van der Waals surface area contributed by atoms with Gasteiger partial charge in [-0.05, 0) is 12.2 Å². The predicted molar refractivity (Wildman–Crippen MR) is 37.4 cm³/mol. The molecule has 0 saturated heterocycles. The molecule has 0 spiro atoms. The van der Waals surface area contributed by atoms with E-state index >= 15 is 0 Å². The third-order valence-electron chi connectivity index (χ3n) is 1.36. The fraction of sp³-hybridized carbons (Fsp3) is 0.167. The fourth-order valence-corrected chi connectivity index (χ4v) is 0.921. The van der Waals surface area contributed by atoms with Crippen molar-refractivity contribution < 1.29 is 4.79 Å². The molecular formula is C6H5N3O. The SMILES string of the molecule is O=C1N=C2C=CC=NC2N1. The molecule has 1 unspecified atom stereocenters. The Bertz CT molecular complexity index is 264. The van der Waals surface area contributed by atoms with E-state index in [1.165, 1.54) is 0 Å². The third kappa shape index (κ3) is 0.655. The number of carbonyl (C=O) groups excluding carboxylic acids is 1. The average Bonchev–Trinajstić information content (AvgIpc) is 2.27. The zero-order valence-corrected chi connectivity index (χ0v) is 5.11. The van der Waals surface area contributed by atoms with Gasteiger partial charge in [0.1, 0.15) is 0 Å². The molecule has 50 valence electrons. The van der Waals surface area contributed by atoms with Gasteiger partial charge in [-0.25, -0.2) is 4.79 Å². The Balaban J connectivity index is 2.37. The minimum Gasteiger partial charge on any atom is -0.309 e. The molecule has 0 bridgehead atoms. The summed E-state index contributed by atoms with van der Waals surface area (Å²) in [6.07, 6.45) is 4.96. The van der Waals surface area contributed by atoms with E-state index in [1.54, 1.807) is 18.4 Å². The van der Waals surface area contributed by atoms with Crippen molar-refractivity contribution in [2.24, 2.45) is 9.98 Å². The molecule has 1 N–H and O–H groups in total. The number of dihydropyridines is 1. The third-order valence-corrected chi connectivity index (χ3v) is 1.36. The molecule has 1 atom stereocenters. The van der Waals surface area contributed by atoms with E-state index < -0.39 is 0 Å².